The molecule has 1 aliphatic heterocycles. The molecule has 106 valence electrons. The fourth-order valence-corrected chi connectivity index (χ4v) is 2.64. The number of para-hydroxylation sites is 2. The van der Waals surface area contributed by atoms with Gasteiger partial charge in [0.05, 0.1) is 35.6 Å². The molecular formula is C16H21N3O. The zero-order valence-electron chi connectivity index (χ0n) is 12.4. The zero-order valence-corrected chi connectivity index (χ0v) is 12.4. The maximum Gasteiger partial charge on any atom is 0.0890 e. The van der Waals surface area contributed by atoms with Crippen LogP contribution < -0.4 is 0 Å². The van der Waals surface area contributed by atoms with Gasteiger partial charge in [-0.25, -0.2) is 9.97 Å². The number of ether oxygens (including phenoxy) is 1. The van der Waals surface area contributed by atoms with Crippen molar-refractivity contribution in [3.05, 3.63) is 35.7 Å². The van der Waals surface area contributed by atoms with Gasteiger partial charge < -0.3 is 4.74 Å². The van der Waals surface area contributed by atoms with Gasteiger partial charge in [0.1, 0.15) is 0 Å². The van der Waals surface area contributed by atoms with Crippen molar-refractivity contribution in [3.63, 3.8) is 0 Å². The highest BCUT2D eigenvalue weighted by molar-refractivity contribution is 5.74. The third kappa shape index (κ3) is 2.53. The summed E-state index contributed by atoms with van der Waals surface area (Å²) < 4.78 is 5.58. The van der Waals surface area contributed by atoms with E-state index in [-0.39, 0.29) is 5.54 Å². The van der Waals surface area contributed by atoms with Gasteiger partial charge >= 0.3 is 0 Å². The number of fused-ring (bicyclic) bond motifs is 1. The molecule has 0 saturated carbocycles. The molecule has 1 aromatic heterocycles. The lowest BCUT2D eigenvalue weighted by Gasteiger charge is -2.42. The molecule has 0 atom stereocenters. The molecule has 4 heteroatoms. The van der Waals surface area contributed by atoms with E-state index in [1.54, 1.807) is 0 Å². The minimum Gasteiger partial charge on any atom is -0.378 e. The van der Waals surface area contributed by atoms with Crippen LogP contribution in [0.5, 0.6) is 0 Å². The molecule has 1 aromatic carbocycles. The second-order valence-corrected chi connectivity index (χ2v) is 6.03. The van der Waals surface area contributed by atoms with Crippen molar-refractivity contribution in [1.29, 1.82) is 0 Å². The highest BCUT2D eigenvalue weighted by Crippen LogP contribution is 2.22. The van der Waals surface area contributed by atoms with Crippen LogP contribution in [-0.2, 0) is 11.3 Å². The lowest BCUT2D eigenvalue weighted by Crippen LogP contribution is -2.52. The highest BCUT2D eigenvalue weighted by Gasteiger charge is 2.31. The number of hydrogen-bond acceptors (Lipinski definition) is 4. The van der Waals surface area contributed by atoms with Crippen molar-refractivity contribution in [3.8, 4) is 0 Å². The number of nitrogens with zero attached hydrogens (tertiary/aromatic N) is 3. The Hall–Kier alpha value is -1.52. The Balaban J connectivity index is 1.92. The quantitative estimate of drug-likeness (QED) is 0.841. The Morgan fingerprint density at radius 1 is 1.20 bits per heavy atom. The minimum absolute atomic E-state index is 0.0536. The molecule has 0 aliphatic carbocycles. The largest absolute Gasteiger partial charge is 0.378 e. The van der Waals surface area contributed by atoms with Gasteiger partial charge in [-0.3, -0.25) is 4.90 Å². The molecule has 0 spiro atoms. The molecule has 0 bridgehead atoms. The van der Waals surface area contributed by atoms with Gasteiger partial charge in [0, 0.05) is 18.6 Å². The van der Waals surface area contributed by atoms with Gasteiger partial charge in [0.2, 0.25) is 0 Å². The van der Waals surface area contributed by atoms with Crippen LogP contribution in [0.4, 0.5) is 0 Å². The van der Waals surface area contributed by atoms with Crippen molar-refractivity contribution in [2.75, 3.05) is 19.8 Å². The summed E-state index contributed by atoms with van der Waals surface area (Å²) in [5.41, 5.74) is 4.08. The first-order valence-corrected chi connectivity index (χ1v) is 7.11. The molecule has 2 aromatic rings. The Morgan fingerprint density at radius 2 is 1.90 bits per heavy atom. The van der Waals surface area contributed by atoms with E-state index in [4.69, 9.17) is 9.72 Å². The van der Waals surface area contributed by atoms with E-state index in [0.29, 0.717) is 0 Å². The number of aromatic nitrogens is 2. The van der Waals surface area contributed by atoms with Crippen LogP contribution in [0, 0.1) is 6.92 Å². The maximum absolute atomic E-state index is 5.58. The minimum atomic E-state index is 0.0536. The summed E-state index contributed by atoms with van der Waals surface area (Å²) in [5, 5.41) is 0. The van der Waals surface area contributed by atoms with Gasteiger partial charge in [0.25, 0.3) is 0 Å². The number of aryl methyl sites for hydroxylation is 1. The molecule has 3 rings (SSSR count). The van der Waals surface area contributed by atoms with Crippen molar-refractivity contribution < 1.29 is 4.74 Å². The van der Waals surface area contributed by atoms with Crippen molar-refractivity contribution in [2.45, 2.75) is 32.9 Å². The molecular weight excluding hydrogens is 250 g/mol. The van der Waals surface area contributed by atoms with Crippen LogP contribution in [-0.4, -0.2) is 40.2 Å². The van der Waals surface area contributed by atoms with E-state index in [9.17, 15) is 0 Å². The first-order valence-electron chi connectivity index (χ1n) is 7.11. The lowest BCUT2D eigenvalue weighted by atomic mass is 10.0. The van der Waals surface area contributed by atoms with E-state index in [1.165, 1.54) is 0 Å². The average Bonchev–Trinajstić information content (AvgIpc) is 2.41. The summed E-state index contributed by atoms with van der Waals surface area (Å²) in [4.78, 5) is 11.9. The van der Waals surface area contributed by atoms with Crippen molar-refractivity contribution in [1.82, 2.24) is 14.9 Å². The smallest absolute Gasteiger partial charge is 0.0890 e. The molecule has 2 heterocycles. The van der Waals surface area contributed by atoms with Crippen LogP contribution in [0.25, 0.3) is 11.0 Å². The van der Waals surface area contributed by atoms with Gasteiger partial charge in [-0.2, -0.15) is 0 Å². The predicted molar refractivity (Wildman–Crippen MR) is 79.6 cm³/mol. The Bertz CT molecular complexity index is 624. The normalized spacial score (nSPS) is 19.4. The molecule has 0 radical (unpaired) electrons. The van der Waals surface area contributed by atoms with Gasteiger partial charge in [-0.15, -0.1) is 0 Å². The standard InChI is InChI=1S/C16H21N3O/c1-12-15(10-19-8-9-20-11-16(19,2)3)18-14-7-5-4-6-13(14)17-12/h4-7H,8-11H2,1-3H3. The highest BCUT2D eigenvalue weighted by atomic mass is 16.5. The first kappa shape index (κ1) is 13.5. The van der Waals surface area contributed by atoms with Crippen LogP contribution in [0.1, 0.15) is 25.2 Å². The summed E-state index contributed by atoms with van der Waals surface area (Å²) in [5.74, 6) is 0. The molecule has 0 N–H and O–H groups in total. The monoisotopic (exact) mass is 271 g/mol. The average molecular weight is 271 g/mol. The summed E-state index contributed by atoms with van der Waals surface area (Å²) >= 11 is 0. The van der Waals surface area contributed by atoms with E-state index in [1.807, 2.05) is 31.2 Å². The second-order valence-electron chi connectivity index (χ2n) is 6.03. The second kappa shape index (κ2) is 5.11. The SMILES string of the molecule is Cc1nc2ccccc2nc1CN1CCOCC1(C)C. The zero-order chi connectivity index (χ0) is 14.2. The number of benzene rings is 1. The van der Waals surface area contributed by atoms with Crippen LogP contribution in [0.3, 0.4) is 0 Å². The number of rotatable bonds is 2. The fraction of sp³-hybridized carbons (Fsp3) is 0.500. The van der Waals surface area contributed by atoms with Gasteiger partial charge in [-0.05, 0) is 32.9 Å². The van der Waals surface area contributed by atoms with Gasteiger partial charge in [0.15, 0.2) is 0 Å². The Kier molecular flexibility index (Phi) is 3.44. The Labute approximate surface area is 119 Å². The third-order valence-corrected chi connectivity index (χ3v) is 4.00. The lowest BCUT2D eigenvalue weighted by molar-refractivity contribution is -0.0558. The molecule has 20 heavy (non-hydrogen) atoms. The summed E-state index contributed by atoms with van der Waals surface area (Å²) in [6, 6.07) is 8.05. The third-order valence-electron chi connectivity index (χ3n) is 4.00. The van der Waals surface area contributed by atoms with E-state index in [0.717, 1.165) is 48.7 Å². The van der Waals surface area contributed by atoms with E-state index >= 15 is 0 Å². The molecule has 1 aliphatic rings. The van der Waals surface area contributed by atoms with Crippen LogP contribution >= 0.6 is 0 Å². The van der Waals surface area contributed by atoms with E-state index in [2.05, 4.69) is 23.7 Å². The summed E-state index contributed by atoms with van der Waals surface area (Å²) in [6.07, 6.45) is 0. The number of hydrogen-bond donors (Lipinski definition) is 0. The molecule has 4 nitrogen and oxygen atoms in total. The Morgan fingerprint density at radius 3 is 2.60 bits per heavy atom. The maximum atomic E-state index is 5.58. The fourth-order valence-electron chi connectivity index (χ4n) is 2.64. The summed E-state index contributed by atoms with van der Waals surface area (Å²) in [6.45, 7) is 9.83. The van der Waals surface area contributed by atoms with Crippen molar-refractivity contribution >= 4 is 11.0 Å². The molecule has 0 amide bonds. The van der Waals surface area contributed by atoms with Crippen LogP contribution in [0.2, 0.25) is 0 Å². The molecule has 0 unspecified atom stereocenters. The summed E-state index contributed by atoms with van der Waals surface area (Å²) in [7, 11) is 0. The van der Waals surface area contributed by atoms with Crippen LogP contribution in [0.15, 0.2) is 24.3 Å². The van der Waals surface area contributed by atoms with Gasteiger partial charge in [-0.1, -0.05) is 12.1 Å². The topological polar surface area (TPSA) is 38.2 Å². The van der Waals surface area contributed by atoms with E-state index < -0.39 is 0 Å². The van der Waals surface area contributed by atoms with Crippen molar-refractivity contribution in [2.24, 2.45) is 0 Å². The first-order chi connectivity index (χ1) is 9.56. The molecule has 1 fully saturated rings. The number of morpholine rings is 1. The molecule has 1 saturated heterocycles. The predicted octanol–water partition coefficient (Wildman–Crippen LogP) is 2.55.